The van der Waals surface area contributed by atoms with Crippen LogP contribution in [0.15, 0.2) is 48.6 Å². The van der Waals surface area contributed by atoms with Crippen molar-refractivity contribution in [2.45, 2.75) is 58.0 Å². The van der Waals surface area contributed by atoms with E-state index >= 15 is 0 Å². The number of nitrogens with zero attached hydrogens (tertiary/aromatic N) is 1. The van der Waals surface area contributed by atoms with Gasteiger partial charge in [-0.15, -0.1) is 0 Å². The Bertz CT molecular complexity index is 1210. The standard InChI is InChI=1S/C31H39ClN2O4S/c1-3-5-21-14-25(32)10-12-26(21)24-17-34-16-23-8-11-27(23)29(35)7-4-6-20(2)19-39(37)33-31(36)22-9-13-30(38-18-24)28(34)15-22/h4,7,9-10,12-15,20,23-24,27,29,35H,3,5-6,8,11,16-19H2,1-2H3,(H,33,36)/b7-4+/t20-,23?,24?,27-,29?,39?/m1/s1. The van der Waals surface area contributed by atoms with Gasteiger partial charge >= 0.3 is 0 Å². The van der Waals surface area contributed by atoms with Crippen molar-refractivity contribution in [2.24, 2.45) is 17.8 Å². The number of rotatable bonds is 3. The molecule has 4 unspecified atom stereocenters. The number of benzene rings is 2. The Kier molecular flexibility index (Phi) is 9.12. The maximum Gasteiger partial charge on any atom is 0.292 e. The topological polar surface area (TPSA) is 84.9 Å². The van der Waals surface area contributed by atoms with Crippen molar-refractivity contribution in [1.29, 1.82) is 0 Å². The number of hydrogen-bond acceptors (Lipinski definition) is 5. The summed E-state index contributed by atoms with van der Waals surface area (Å²) in [4.78, 5) is 15.4. The van der Waals surface area contributed by atoms with E-state index in [0.29, 0.717) is 30.3 Å². The first-order valence-corrected chi connectivity index (χ1v) is 15.9. The van der Waals surface area contributed by atoms with Crippen molar-refractivity contribution in [2.75, 3.05) is 30.3 Å². The third-order valence-corrected chi connectivity index (χ3v) is 9.91. The first-order valence-electron chi connectivity index (χ1n) is 14.2. The molecule has 1 amide bonds. The average Bonchev–Trinajstić information content (AvgIpc) is 3.05. The summed E-state index contributed by atoms with van der Waals surface area (Å²) in [5, 5.41) is 11.7. The number of carbonyl (C=O) groups is 1. The fourth-order valence-electron chi connectivity index (χ4n) is 6.13. The van der Waals surface area contributed by atoms with Crippen LogP contribution in [0.5, 0.6) is 5.75 Å². The first kappa shape index (κ1) is 28.3. The van der Waals surface area contributed by atoms with Crippen molar-refractivity contribution in [3.05, 3.63) is 70.3 Å². The molecule has 2 N–H and O–H groups in total. The van der Waals surface area contributed by atoms with Crippen molar-refractivity contribution in [1.82, 2.24) is 4.72 Å². The number of allylic oxidation sites excluding steroid dienone is 1. The molecule has 0 aromatic heterocycles. The molecule has 210 valence electrons. The Labute approximate surface area is 240 Å². The number of aliphatic hydroxyl groups excluding tert-OH is 1. The van der Waals surface area contributed by atoms with Gasteiger partial charge in [0.15, 0.2) is 0 Å². The fourth-order valence-corrected chi connectivity index (χ4v) is 7.39. The maximum atomic E-state index is 13.1. The SMILES string of the molecule is CCCc1cc(Cl)ccc1C1COc2ccc3cc2N(C1)CC1CC[C@H]1C(O)/C=C/C[C@@H](C)C[S+]([O-])NC3=O. The molecular weight excluding hydrogens is 532 g/mol. The molecule has 5 rings (SSSR count). The van der Waals surface area contributed by atoms with Crippen LogP contribution in [0.1, 0.15) is 66.9 Å². The lowest BCUT2D eigenvalue weighted by molar-refractivity contribution is 0.0461. The number of hydrogen-bond donors (Lipinski definition) is 2. The molecule has 2 bridgehead atoms. The summed E-state index contributed by atoms with van der Waals surface area (Å²) in [6.45, 7) is 6.21. The second kappa shape index (κ2) is 12.5. The lowest BCUT2D eigenvalue weighted by Crippen LogP contribution is -2.44. The van der Waals surface area contributed by atoms with Gasteiger partial charge in [-0.1, -0.05) is 50.1 Å². The summed E-state index contributed by atoms with van der Waals surface area (Å²) in [7, 11) is 0. The van der Waals surface area contributed by atoms with Crippen LogP contribution < -0.4 is 14.4 Å². The molecule has 1 saturated carbocycles. The highest BCUT2D eigenvalue weighted by Gasteiger charge is 2.38. The lowest BCUT2D eigenvalue weighted by atomic mass is 9.70. The molecule has 1 fully saturated rings. The Balaban J connectivity index is 1.51. The van der Waals surface area contributed by atoms with Gasteiger partial charge in [-0.25, -0.2) is 0 Å². The molecule has 2 heterocycles. The zero-order valence-electron chi connectivity index (χ0n) is 22.8. The predicted molar refractivity (Wildman–Crippen MR) is 158 cm³/mol. The van der Waals surface area contributed by atoms with E-state index in [2.05, 4.69) is 28.7 Å². The maximum absolute atomic E-state index is 13.1. The van der Waals surface area contributed by atoms with Crippen LogP contribution in [0.3, 0.4) is 0 Å². The molecular formula is C31H39ClN2O4S. The predicted octanol–water partition coefficient (Wildman–Crippen LogP) is 5.65. The zero-order chi connectivity index (χ0) is 27.5. The number of aliphatic hydroxyl groups is 1. The number of aryl methyl sites for hydroxylation is 1. The number of fused-ring (bicyclic) bond motifs is 2. The van der Waals surface area contributed by atoms with E-state index in [-0.39, 0.29) is 23.7 Å². The highest BCUT2D eigenvalue weighted by molar-refractivity contribution is 7.90. The van der Waals surface area contributed by atoms with Gasteiger partial charge in [0.05, 0.1) is 29.8 Å². The summed E-state index contributed by atoms with van der Waals surface area (Å²) in [5.41, 5.74) is 3.84. The van der Waals surface area contributed by atoms with Gasteiger partial charge in [-0.2, -0.15) is 4.72 Å². The Morgan fingerprint density at radius 3 is 2.82 bits per heavy atom. The van der Waals surface area contributed by atoms with Gasteiger partial charge in [0.25, 0.3) is 5.91 Å². The second-order valence-electron chi connectivity index (χ2n) is 11.4. The molecule has 8 heteroatoms. The molecule has 2 aliphatic heterocycles. The van der Waals surface area contributed by atoms with Gasteiger partial charge in [0.2, 0.25) is 0 Å². The zero-order valence-corrected chi connectivity index (χ0v) is 24.3. The second-order valence-corrected chi connectivity index (χ2v) is 13.1. The van der Waals surface area contributed by atoms with Crippen molar-refractivity contribution in [3.63, 3.8) is 0 Å². The summed E-state index contributed by atoms with van der Waals surface area (Å²) in [6.07, 6.45) is 8.16. The number of nitrogens with one attached hydrogen (secondary N) is 1. The van der Waals surface area contributed by atoms with Crippen LogP contribution in [0.2, 0.25) is 5.02 Å². The van der Waals surface area contributed by atoms with Crippen LogP contribution in [0.4, 0.5) is 5.69 Å². The minimum atomic E-state index is -1.49. The molecule has 2 aromatic carbocycles. The molecule has 39 heavy (non-hydrogen) atoms. The Morgan fingerprint density at radius 1 is 1.21 bits per heavy atom. The van der Waals surface area contributed by atoms with Crippen LogP contribution in [-0.4, -0.2) is 47.1 Å². The monoisotopic (exact) mass is 570 g/mol. The van der Waals surface area contributed by atoms with Crippen molar-refractivity contribution in [3.8, 4) is 5.75 Å². The van der Waals surface area contributed by atoms with Crippen molar-refractivity contribution < 1.29 is 19.2 Å². The molecule has 6 nitrogen and oxygen atoms in total. The number of anilines is 1. The van der Waals surface area contributed by atoms with Gasteiger partial charge in [-0.05, 0) is 79.0 Å². The summed E-state index contributed by atoms with van der Waals surface area (Å²) < 4.78 is 21.7. The number of halogens is 1. The van der Waals surface area contributed by atoms with Crippen LogP contribution >= 0.6 is 11.6 Å². The molecule has 0 saturated heterocycles. The highest BCUT2D eigenvalue weighted by atomic mass is 35.5. The molecule has 0 spiro atoms. The lowest BCUT2D eigenvalue weighted by Gasteiger charge is -2.42. The van der Waals surface area contributed by atoms with E-state index in [0.717, 1.165) is 55.2 Å². The van der Waals surface area contributed by atoms with Gasteiger partial charge in [0, 0.05) is 35.5 Å². The first-order chi connectivity index (χ1) is 18.8. The Hall–Kier alpha value is -2.19. The van der Waals surface area contributed by atoms with E-state index in [9.17, 15) is 14.5 Å². The van der Waals surface area contributed by atoms with Crippen LogP contribution in [0, 0.1) is 17.8 Å². The number of amides is 1. The Morgan fingerprint density at radius 2 is 2.05 bits per heavy atom. The van der Waals surface area contributed by atoms with E-state index in [1.807, 2.05) is 37.3 Å². The number of ether oxygens (including phenoxy) is 1. The average molecular weight is 571 g/mol. The van der Waals surface area contributed by atoms with Gasteiger partial charge in [-0.3, -0.25) is 4.79 Å². The molecule has 1 aliphatic carbocycles. The van der Waals surface area contributed by atoms with E-state index in [1.54, 1.807) is 6.07 Å². The van der Waals surface area contributed by atoms with E-state index < -0.39 is 17.5 Å². The van der Waals surface area contributed by atoms with Crippen molar-refractivity contribution >= 4 is 34.6 Å². The van der Waals surface area contributed by atoms with E-state index in [4.69, 9.17) is 16.3 Å². The highest BCUT2D eigenvalue weighted by Crippen LogP contribution is 2.42. The van der Waals surface area contributed by atoms with Gasteiger partial charge < -0.3 is 19.3 Å². The summed E-state index contributed by atoms with van der Waals surface area (Å²) in [5.74, 6) is 1.55. The largest absolute Gasteiger partial charge is 0.593 e. The third-order valence-electron chi connectivity index (χ3n) is 8.39. The van der Waals surface area contributed by atoms with Crippen LogP contribution in [0.25, 0.3) is 0 Å². The molecule has 3 aliphatic rings. The smallest absolute Gasteiger partial charge is 0.292 e. The van der Waals surface area contributed by atoms with E-state index in [1.165, 1.54) is 11.1 Å². The summed E-state index contributed by atoms with van der Waals surface area (Å²) in [6, 6.07) is 11.6. The van der Waals surface area contributed by atoms with Crippen LogP contribution in [-0.2, 0) is 17.8 Å². The number of carbonyl (C=O) groups excluding carboxylic acids is 1. The third kappa shape index (κ3) is 6.59. The minimum absolute atomic E-state index is 0.122. The fraction of sp³-hybridized carbons (Fsp3) is 0.516. The summed E-state index contributed by atoms with van der Waals surface area (Å²) >= 11 is 4.88. The normalized spacial score (nSPS) is 30.3. The minimum Gasteiger partial charge on any atom is -0.593 e. The molecule has 6 atom stereocenters. The molecule has 0 radical (unpaired) electrons. The van der Waals surface area contributed by atoms with Gasteiger partial charge in [0.1, 0.15) is 11.5 Å². The molecule has 2 aromatic rings. The quantitative estimate of drug-likeness (QED) is 0.368.